The van der Waals surface area contributed by atoms with Crippen LogP contribution in [-0.2, 0) is 6.18 Å². The maximum atomic E-state index is 12.7. The minimum Gasteiger partial charge on any atom is -0.396 e. The lowest BCUT2D eigenvalue weighted by molar-refractivity contribution is -0.137. The number of benzene rings is 2. The first-order valence-corrected chi connectivity index (χ1v) is 8.98. The smallest absolute Gasteiger partial charge is 0.396 e. The van der Waals surface area contributed by atoms with Gasteiger partial charge in [0.1, 0.15) is 5.02 Å². The Morgan fingerprint density at radius 2 is 1.79 bits per heavy atom. The van der Waals surface area contributed by atoms with Crippen LogP contribution >= 0.6 is 11.6 Å². The zero-order valence-electron chi connectivity index (χ0n) is 14.9. The average Bonchev–Trinajstić information content (AvgIpc) is 3.09. The first-order valence-electron chi connectivity index (χ1n) is 8.60. The fraction of sp³-hybridized carbons (Fsp3) is 0.200. The third kappa shape index (κ3) is 4.78. The van der Waals surface area contributed by atoms with Crippen molar-refractivity contribution in [2.24, 2.45) is 0 Å². The van der Waals surface area contributed by atoms with Crippen molar-refractivity contribution in [1.29, 1.82) is 0 Å². The highest BCUT2D eigenvalue weighted by Gasteiger charge is 2.30. The van der Waals surface area contributed by atoms with Gasteiger partial charge in [0, 0.05) is 12.2 Å². The number of hydrogen-bond donors (Lipinski definition) is 2. The van der Waals surface area contributed by atoms with Crippen LogP contribution < -0.4 is 5.32 Å². The number of rotatable bonds is 6. The van der Waals surface area contributed by atoms with Gasteiger partial charge in [0.25, 0.3) is 5.91 Å². The number of hydrogen-bond acceptors (Lipinski definition) is 4. The minimum absolute atomic E-state index is 0.0102. The minimum atomic E-state index is -4.46. The first kappa shape index (κ1) is 20.9. The molecule has 1 atom stereocenters. The Labute approximate surface area is 169 Å². The summed E-state index contributed by atoms with van der Waals surface area (Å²) in [6.07, 6.45) is -4.19. The number of alkyl halides is 3. The normalized spacial score (nSPS) is 12.6. The molecule has 2 N–H and O–H groups in total. The Kier molecular flexibility index (Phi) is 6.24. The first-order chi connectivity index (χ1) is 13.8. The van der Waals surface area contributed by atoms with Gasteiger partial charge in [-0.05, 0) is 24.1 Å². The summed E-state index contributed by atoms with van der Waals surface area (Å²) in [6, 6.07) is 12.7. The Hall–Kier alpha value is -2.84. The van der Waals surface area contributed by atoms with Crippen molar-refractivity contribution in [3.63, 3.8) is 0 Å². The van der Waals surface area contributed by atoms with Crippen LogP contribution in [0.1, 0.15) is 34.1 Å². The van der Waals surface area contributed by atoms with E-state index in [4.69, 9.17) is 16.1 Å². The quantitative estimate of drug-likeness (QED) is 0.592. The van der Waals surface area contributed by atoms with E-state index in [1.807, 2.05) is 6.07 Å². The Morgan fingerprint density at radius 1 is 1.14 bits per heavy atom. The summed E-state index contributed by atoms with van der Waals surface area (Å²) in [6.45, 7) is -0.150. The molecule has 0 radical (unpaired) electrons. The van der Waals surface area contributed by atoms with Crippen molar-refractivity contribution >= 4 is 17.5 Å². The second kappa shape index (κ2) is 8.67. The van der Waals surface area contributed by atoms with Crippen molar-refractivity contribution in [3.05, 3.63) is 76.4 Å². The number of aliphatic hydroxyl groups excluding tert-OH is 1. The van der Waals surface area contributed by atoms with Gasteiger partial charge in [0.2, 0.25) is 0 Å². The molecule has 0 saturated heterocycles. The van der Waals surface area contributed by atoms with E-state index >= 15 is 0 Å². The summed E-state index contributed by atoms with van der Waals surface area (Å²) < 4.78 is 43.2. The molecule has 0 fully saturated rings. The summed E-state index contributed by atoms with van der Waals surface area (Å²) in [5, 5.41) is 15.6. The average molecular weight is 425 g/mol. The van der Waals surface area contributed by atoms with Crippen molar-refractivity contribution in [2.75, 3.05) is 6.61 Å². The molecular weight excluding hydrogens is 409 g/mol. The van der Waals surface area contributed by atoms with Crippen LogP contribution in [0.3, 0.4) is 0 Å². The van der Waals surface area contributed by atoms with E-state index in [1.54, 1.807) is 24.3 Å². The lowest BCUT2D eigenvalue weighted by Gasteiger charge is -2.17. The second-order valence-electron chi connectivity index (χ2n) is 6.20. The fourth-order valence-electron chi connectivity index (χ4n) is 2.77. The van der Waals surface area contributed by atoms with Crippen LogP contribution in [0.4, 0.5) is 13.2 Å². The molecule has 0 spiro atoms. The molecule has 152 valence electrons. The summed E-state index contributed by atoms with van der Waals surface area (Å²) >= 11 is 6.20. The van der Waals surface area contributed by atoms with Crippen molar-refractivity contribution in [3.8, 4) is 11.3 Å². The summed E-state index contributed by atoms with van der Waals surface area (Å²) in [7, 11) is 0. The van der Waals surface area contributed by atoms with E-state index in [-0.39, 0.29) is 35.1 Å². The van der Waals surface area contributed by atoms with E-state index in [9.17, 15) is 23.1 Å². The van der Waals surface area contributed by atoms with Gasteiger partial charge in [0.15, 0.2) is 11.5 Å². The number of aromatic nitrogens is 1. The van der Waals surface area contributed by atoms with Crippen LogP contribution in [0.5, 0.6) is 0 Å². The standard InChI is InChI=1S/C20H16ClF3N2O3/c21-16-17(19(28)25-15(10-11-27)12-4-2-1-3-5-12)26-29-18(16)13-6-8-14(9-7-13)20(22,23)24/h1-9,15,27H,10-11H2,(H,25,28). The van der Waals surface area contributed by atoms with Gasteiger partial charge < -0.3 is 14.9 Å². The zero-order chi connectivity index (χ0) is 21.0. The van der Waals surface area contributed by atoms with Crippen molar-refractivity contribution in [1.82, 2.24) is 10.5 Å². The van der Waals surface area contributed by atoms with Crippen LogP contribution in [-0.4, -0.2) is 22.8 Å². The molecule has 29 heavy (non-hydrogen) atoms. The highest BCUT2D eigenvalue weighted by Crippen LogP contribution is 2.34. The number of carbonyl (C=O) groups excluding carboxylic acids is 1. The van der Waals surface area contributed by atoms with Crippen LogP contribution in [0, 0.1) is 0 Å². The van der Waals surface area contributed by atoms with Crippen LogP contribution in [0.2, 0.25) is 5.02 Å². The maximum absolute atomic E-state index is 12.7. The fourth-order valence-corrected chi connectivity index (χ4v) is 3.04. The molecule has 3 aromatic rings. The summed E-state index contributed by atoms with van der Waals surface area (Å²) in [5.74, 6) is -0.636. The number of aliphatic hydroxyl groups is 1. The van der Waals surface area contributed by atoms with Gasteiger partial charge >= 0.3 is 6.18 Å². The van der Waals surface area contributed by atoms with Gasteiger partial charge in [-0.25, -0.2) is 0 Å². The predicted molar refractivity (Wildman–Crippen MR) is 100 cm³/mol. The molecule has 0 saturated carbocycles. The number of carbonyl (C=O) groups is 1. The molecule has 5 nitrogen and oxygen atoms in total. The number of nitrogens with one attached hydrogen (secondary N) is 1. The number of halogens is 4. The highest BCUT2D eigenvalue weighted by molar-refractivity contribution is 6.35. The number of amides is 1. The molecule has 0 aliphatic carbocycles. The van der Waals surface area contributed by atoms with E-state index in [0.29, 0.717) is 0 Å². The van der Waals surface area contributed by atoms with E-state index < -0.39 is 23.7 Å². The monoisotopic (exact) mass is 424 g/mol. The Morgan fingerprint density at radius 3 is 2.38 bits per heavy atom. The van der Waals surface area contributed by atoms with E-state index in [0.717, 1.165) is 17.7 Å². The van der Waals surface area contributed by atoms with Crippen LogP contribution in [0.15, 0.2) is 59.1 Å². The SMILES string of the molecule is O=C(NC(CCO)c1ccccc1)c1noc(-c2ccc(C(F)(F)F)cc2)c1Cl. The van der Waals surface area contributed by atoms with Gasteiger partial charge in [0.05, 0.1) is 11.6 Å². The molecule has 0 bridgehead atoms. The number of nitrogens with zero attached hydrogens (tertiary/aromatic N) is 1. The summed E-state index contributed by atoms with van der Waals surface area (Å²) in [5.41, 5.74) is 0.0343. The zero-order valence-corrected chi connectivity index (χ0v) is 15.7. The Balaban J connectivity index is 1.82. The van der Waals surface area contributed by atoms with Gasteiger partial charge in [-0.2, -0.15) is 13.2 Å². The van der Waals surface area contributed by atoms with E-state index in [1.165, 1.54) is 12.1 Å². The second-order valence-corrected chi connectivity index (χ2v) is 6.58. The van der Waals surface area contributed by atoms with Crippen LogP contribution in [0.25, 0.3) is 11.3 Å². The topological polar surface area (TPSA) is 75.4 Å². The van der Waals surface area contributed by atoms with Crippen molar-refractivity contribution in [2.45, 2.75) is 18.6 Å². The predicted octanol–water partition coefficient (Wildman–Crippen LogP) is 4.87. The molecule has 9 heteroatoms. The summed E-state index contributed by atoms with van der Waals surface area (Å²) in [4.78, 5) is 12.6. The third-order valence-corrected chi connectivity index (χ3v) is 4.60. The molecule has 1 amide bonds. The molecule has 3 rings (SSSR count). The molecule has 2 aromatic carbocycles. The molecule has 0 aliphatic heterocycles. The van der Waals surface area contributed by atoms with E-state index in [2.05, 4.69) is 10.5 Å². The lowest BCUT2D eigenvalue weighted by Crippen LogP contribution is -2.29. The van der Waals surface area contributed by atoms with Gasteiger partial charge in [-0.1, -0.05) is 59.2 Å². The largest absolute Gasteiger partial charge is 0.416 e. The van der Waals surface area contributed by atoms with Crippen molar-refractivity contribution < 1.29 is 27.6 Å². The van der Waals surface area contributed by atoms with Gasteiger partial charge in [-0.3, -0.25) is 4.79 Å². The molecule has 0 aliphatic rings. The Bertz CT molecular complexity index is 973. The third-order valence-electron chi connectivity index (χ3n) is 4.25. The molecule has 1 heterocycles. The van der Waals surface area contributed by atoms with Gasteiger partial charge in [-0.15, -0.1) is 0 Å². The molecular formula is C20H16ClF3N2O3. The highest BCUT2D eigenvalue weighted by atomic mass is 35.5. The maximum Gasteiger partial charge on any atom is 0.416 e. The molecule has 1 aromatic heterocycles. The molecule has 1 unspecified atom stereocenters. The lowest BCUT2D eigenvalue weighted by atomic mass is 10.0.